The summed E-state index contributed by atoms with van der Waals surface area (Å²) in [4.78, 5) is 119. The average molecular weight is 988 g/mol. The molecule has 0 aliphatic heterocycles. The highest BCUT2D eigenvalue weighted by molar-refractivity contribution is 7.98. The number of nitrogens with one attached hydrogen (secondary N) is 7. The van der Waals surface area contributed by atoms with Gasteiger partial charge in [0.05, 0.1) is 6.04 Å². The summed E-state index contributed by atoms with van der Waals surface area (Å²) in [6.45, 7) is 7.34. The summed E-state index contributed by atoms with van der Waals surface area (Å²) in [6, 6.07) is -4.71. The van der Waals surface area contributed by atoms with E-state index in [0.717, 1.165) is 0 Å². The number of amides is 7. The second-order valence-corrected chi connectivity index (χ2v) is 17.8. The average Bonchev–Trinajstić information content (AvgIpc) is 3.27. The second kappa shape index (κ2) is 31.2. The fourth-order valence-electron chi connectivity index (χ4n) is 6.14. The molecule has 0 aliphatic rings. The molecule has 1 rings (SSSR count). The van der Waals surface area contributed by atoms with Crippen LogP contribution in [-0.2, 0) is 49.6 Å². The van der Waals surface area contributed by atoms with Crippen molar-refractivity contribution < 1.29 is 58.5 Å². The van der Waals surface area contributed by atoms with Crippen molar-refractivity contribution in [3.05, 3.63) is 29.8 Å². The lowest BCUT2D eigenvalue weighted by atomic mass is 9.96. The molecule has 24 heteroatoms. The molecule has 66 heavy (non-hydrogen) atoms. The maximum Gasteiger partial charge on any atom is 0.327 e. The molecule has 0 fully saturated rings. The third-order valence-corrected chi connectivity index (χ3v) is 11.9. The van der Waals surface area contributed by atoms with Crippen molar-refractivity contribution in [2.75, 3.05) is 30.1 Å². The summed E-state index contributed by atoms with van der Waals surface area (Å²) in [5.74, 6) is -9.22. The molecule has 7 amide bonds. The Balaban J connectivity index is 3.40. The zero-order valence-electron chi connectivity index (χ0n) is 38.0. The summed E-state index contributed by atoms with van der Waals surface area (Å²) in [5.41, 5.74) is 12.2. The first-order valence-electron chi connectivity index (χ1n) is 21.7. The number of aliphatic carboxylic acids is 2. The first-order valence-corrected chi connectivity index (χ1v) is 24.3. The van der Waals surface area contributed by atoms with Gasteiger partial charge in [-0.05, 0) is 80.2 Å². The molecule has 14 N–H and O–H groups in total. The Bertz CT molecular complexity index is 1780. The molecule has 9 atom stereocenters. The molecule has 21 nitrogen and oxygen atoms in total. The summed E-state index contributed by atoms with van der Waals surface area (Å²) in [5, 5.41) is 46.5. The van der Waals surface area contributed by atoms with Crippen LogP contribution in [-0.4, -0.2) is 147 Å². The first-order chi connectivity index (χ1) is 31.1. The number of hydrogen-bond donors (Lipinski definition) is 14. The number of unbranched alkanes of at least 4 members (excludes halogenated alkanes) is 1. The lowest BCUT2D eigenvalue weighted by Crippen LogP contribution is -2.61. The zero-order valence-corrected chi connectivity index (χ0v) is 40.6. The Labute approximate surface area is 400 Å². The van der Waals surface area contributed by atoms with Gasteiger partial charge in [-0.3, -0.25) is 38.4 Å². The topological polar surface area (TPSA) is 351 Å². The van der Waals surface area contributed by atoms with E-state index in [1.54, 1.807) is 27.7 Å². The number of rotatable bonds is 32. The van der Waals surface area contributed by atoms with Crippen molar-refractivity contribution in [3.8, 4) is 5.75 Å². The molecule has 1 aromatic carbocycles. The Morgan fingerprint density at radius 2 is 1.11 bits per heavy atom. The van der Waals surface area contributed by atoms with E-state index < -0.39 is 120 Å². The van der Waals surface area contributed by atoms with Crippen molar-refractivity contribution in [2.45, 2.75) is 127 Å². The van der Waals surface area contributed by atoms with Crippen molar-refractivity contribution in [3.63, 3.8) is 0 Å². The Morgan fingerprint density at radius 3 is 1.62 bits per heavy atom. The van der Waals surface area contributed by atoms with Gasteiger partial charge < -0.3 is 64.0 Å². The van der Waals surface area contributed by atoms with Crippen molar-refractivity contribution in [2.24, 2.45) is 23.3 Å². The molecule has 372 valence electrons. The normalized spacial score (nSPS) is 15.2. The molecule has 0 spiro atoms. The lowest BCUT2D eigenvalue weighted by Gasteiger charge is -2.29. The highest BCUT2D eigenvalue weighted by Crippen LogP contribution is 2.14. The summed E-state index contributed by atoms with van der Waals surface area (Å²) < 4.78 is 0. The molecule has 0 unspecified atom stereocenters. The standard InChI is InChI=1S/C42H69N9O12S3/c1-6-23(4)34(51-37(57)28(16-18-66-5)46-40(60)33(44)22(2)3)41(61)47-26(9-7-8-17-43)35(55)49-30(20-64)39(59)45-27(14-15-32(53)54)36(56)48-29(19-24-10-12-25(52)13-11-24)38(58)50-31(21-65)42(62)63/h10-13,22-23,26-31,33-34,52,64-65H,6-9,14-21,43-44H2,1-5H3,(H,45,59)(H,46,60)(H,47,61)(H,48,56)(H,49,55)(H,50,58)(H,51,57)(H,53,54)(H,62,63)/t23-,26-,27-,28-,29-,30-,31-,33-,34-/m0/s1. The van der Waals surface area contributed by atoms with Crippen LogP contribution < -0.4 is 48.7 Å². The third kappa shape index (κ3) is 21.2. The molecule has 0 heterocycles. The highest BCUT2D eigenvalue weighted by Gasteiger charge is 2.35. The lowest BCUT2D eigenvalue weighted by molar-refractivity contribution is -0.141. The molecule has 0 aliphatic carbocycles. The second-order valence-electron chi connectivity index (χ2n) is 16.1. The third-order valence-electron chi connectivity index (χ3n) is 10.5. The summed E-state index contributed by atoms with van der Waals surface area (Å²) >= 11 is 9.64. The van der Waals surface area contributed by atoms with Gasteiger partial charge in [-0.1, -0.05) is 46.2 Å². The van der Waals surface area contributed by atoms with Crippen LogP contribution in [0.1, 0.15) is 78.2 Å². The van der Waals surface area contributed by atoms with Crippen LogP contribution in [0.2, 0.25) is 0 Å². The predicted molar refractivity (Wildman–Crippen MR) is 256 cm³/mol. The summed E-state index contributed by atoms with van der Waals surface area (Å²) in [6.07, 6.45) is 2.09. The molecule has 0 saturated carbocycles. The number of carboxylic acids is 2. The van der Waals surface area contributed by atoms with Crippen molar-refractivity contribution >= 4 is 90.3 Å². The van der Waals surface area contributed by atoms with Crippen LogP contribution in [0.5, 0.6) is 5.75 Å². The van der Waals surface area contributed by atoms with E-state index in [9.17, 15) is 58.5 Å². The summed E-state index contributed by atoms with van der Waals surface area (Å²) in [7, 11) is 0. The monoisotopic (exact) mass is 987 g/mol. The maximum atomic E-state index is 14.0. The van der Waals surface area contributed by atoms with Crippen LogP contribution in [0.3, 0.4) is 0 Å². The molecular formula is C42H69N9O12S3. The van der Waals surface area contributed by atoms with E-state index in [4.69, 9.17) is 11.5 Å². The number of carboxylic acid groups (broad SMARTS) is 2. The van der Waals surface area contributed by atoms with E-state index in [0.29, 0.717) is 30.6 Å². The minimum atomic E-state index is -1.60. The van der Waals surface area contributed by atoms with Gasteiger partial charge in [0.15, 0.2) is 0 Å². The van der Waals surface area contributed by atoms with Crippen molar-refractivity contribution in [1.29, 1.82) is 0 Å². The van der Waals surface area contributed by atoms with Gasteiger partial charge in [-0.2, -0.15) is 37.0 Å². The van der Waals surface area contributed by atoms with E-state index >= 15 is 0 Å². The number of aromatic hydroxyl groups is 1. The number of thioether (sulfide) groups is 1. The number of hydrogen-bond acceptors (Lipinski definition) is 15. The van der Waals surface area contributed by atoms with E-state index in [-0.39, 0.29) is 49.0 Å². The molecule has 0 aromatic heterocycles. The van der Waals surface area contributed by atoms with Crippen LogP contribution in [0, 0.1) is 11.8 Å². The smallest absolute Gasteiger partial charge is 0.327 e. The van der Waals surface area contributed by atoms with Gasteiger partial charge in [-0.25, -0.2) is 4.79 Å². The number of phenols is 1. The van der Waals surface area contributed by atoms with Gasteiger partial charge in [-0.15, -0.1) is 0 Å². The van der Waals surface area contributed by atoms with Gasteiger partial charge in [0, 0.05) is 24.3 Å². The van der Waals surface area contributed by atoms with Crippen LogP contribution in [0.4, 0.5) is 0 Å². The number of carbonyl (C=O) groups is 9. The maximum absolute atomic E-state index is 14.0. The van der Waals surface area contributed by atoms with E-state index in [1.807, 2.05) is 6.26 Å². The number of thiol groups is 2. The Hall–Kier alpha value is -4.78. The number of benzene rings is 1. The molecule has 1 aromatic rings. The Kier molecular flexibility index (Phi) is 28.0. The largest absolute Gasteiger partial charge is 0.508 e. The van der Waals surface area contributed by atoms with Crippen LogP contribution in [0.25, 0.3) is 0 Å². The number of nitrogens with two attached hydrogens (primary N) is 2. The molecule has 0 bridgehead atoms. The molecule has 0 saturated heterocycles. The fraction of sp³-hybridized carbons (Fsp3) is 0.643. The van der Waals surface area contributed by atoms with Gasteiger partial charge in [0.25, 0.3) is 0 Å². The van der Waals surface area contributed by atoms with Crippen LogP contribution >= 0.6 is 37.0 Å². The Morgan fingerprint density at radius 1 is 0.636 bits per heavy atom. The quantitative estimate of drug-likeness (QED) is 0.0306. The number of carbonyl (C=O) groups excluding carboxylic acids is 7. The zero-order chi connectivity index (χ0) is 50.1. The molecular weight excluding hydrogens is 919 g/mol. The van der Waals surface area contributed by atoms with Gasteiger partial charge in [0.2, 0.25) is 41.4 Å². The van der Waals surface area contributed by atoms with Crippen LogP contribution in [0.15, 0.2) is 24.3 Å². The number of phenolic OH excluding ortho intramolecular Hbond substituents is 1. The highest BCUT2D eigenvalue weighted by atomic mass is 32.2. The fourth-order valence-corrected chi connectivity index (χ4v) is 7.11. The SMILES string of the molecule is CC[C@H](C)[C@H](NC(=O)[C@H](CCSC)NC(=O)[C@@H](N)C(C)C)C(=O)N[C@@H](CCCCN)C(=O)N[C@@H](CS)C(=O)N[C@@H](CCC(=O)O)C(=O)N[C@@H](Cc1ccc(O)cc1)C(=O)N[C@@H](CS)C(=O)O. The first kappa shape index (κ1) is 59.2. The molecule has 0 radical (unpaired) electrons. The predicted octanol–water partition coefficient (Wildman–Crippen LogP) is -0.951. The minimum absolute atomic E-state index is 0.0560. The van der Waals surface area contributed by atoms with Crippen molar-refractivity contribution in [1.82, 2.24) is 37.2 Å². The minimum Gasteiger partial charge on any atom is -0.508 e. The van der Waals surface area contributed by atoms with Gasteiger partial charge in [0.1, 0.15) is 48.0 Å². The van der Waals surface area contributed by atoms with Gasteiger partial charge >= 0.3 is 11.9 Å². The van der Waals surface area contributed by atoms with E-state index in [1.165, 1.54) is 36.0 Å². The van der Waals surface area contributed by atoms with E-state index in [2.05, 4.69) is 62.5 Å².